The van der Waals surface area contributed by atoms with Gasteiger partial charge >= 0.3 is 0 Å². The van der Waals surface area contributed by atoms with Gasteiger partial charge in [-0.15, -0.1) is 0 Å². The third-order valence-electron chi connectivity index (χ3n) is 5.44. The molecule has 0 aromatic heterocycles. The Labute approximate surface area is 219 Å². The Morgan fingerprint density at radius 2 is 0.711 bits per heavy atom. The van der Waals surface area contributed by atoms with Gasteiger partial charge in [0.05, 0.1) is 9.85 Å². The van der Waals surface area contributed by atoms with Gasteiger partial charge in [-0.25, -0.2) is 0 Å². The van der Waals surface area contributed by atoms with E-state index >= 15 is 0 Å². The molecule has 0 atom stereocenters. The lowest BCUT2D eigenvalue weighted by Gasteiger charge is -1.96. The molecule has 0 bridgehead atoms. The molecule has 182 valence electrons. The van der Waals surface area contributed by atoms with Crippen LogP contribution in [0.5, 0.6) is 0 Å². The number of benzene rings is 4. The molecule has 0 fully saturated rings. The Kier molecular flexibility index (Phi) is 8.22. The normalized spacial score (nSPS) is 10.4. The van der Waals surface area contributed by atoms with Crippen molar-refractivity contribution >= 4 is 35.7 Å². The highest BCUT2D eigenvalue weighted by Crippen LogP contribution is 2.16. The smallest absolute Gasteiger partial charge is 0.258 e. The number of nitrogens with zero attached hydrogens (tertiary/aromatic N) is 2. The van der Waals surface area contributed by atoms with Crippen molar-refractivity contribution in [1.82, 2.24) is 0 Å². The van der Waals surface area contributed by atoms with Gasteiger partial charge in [0.2, 0.25) is 0 Å². The van der Waals surface area contributed by atoms with E-state index in [9.17, 15) is 20.2 Å². The number of hydrogen-bond acceptors (Lipinski definition) is 4. The molecule has 0 unspecified atom stereocenters. The van der Waals surface area contributed by atoms with E-state index in [4.69, 9.17) is 0 Å². The Morgan fingerprint density at radius 3 is 0.974 bits per heavy atom. The van der Waals surface area contributed by atoms with Crippen molar-refractivity contribution in [3.8, 4) is 23.7 Å². The van der Waals surface area contributed by atoms with Crippen LogP contribution in [0.15, 0.2) is 97.1 Å². The summed E-state index contributed by atoms with van der Waals surface area (Å²) in [6.07, 6.45) is 7.66. The summed E-state index contributed by atoms with van der Waals surface area (Å²) < 4.78 is 0. The fourth-order valence-electron chi connectivity index (χ4n) is 3.36. The minimum atomic E-state index is -0.417. The van der Waals surface area contributed by atoms with Crippen LogP contribution in [0.1, 0.15) is 33.4 Å². The van der Waals surface area contributed by atoms with Crippen molar-refractivity contribution in [2.24, 2.45) is 0 Å². The molecule has 0 aliphatic heterocycles. The highest BCUT2D eigenvalue weighted by Gasteiger charge is 2.03. The molecule has 0 saturated carbocycles. The molecule has 0 heterocycles. The van der Waals surface area contributed by atoms with E-state index in [1.807, 2.05) is 72.8 Å². The van der Waals surface area contributed by atoms with Gasteiger partial charge in [0.1, 0.15) is 0 Å². The predicted molar refractivity (Wildman–Crippen MR) is 151 cm³/mol. The molecule has 0 saturated heterocycles. The average Bonchev–Trinajstić information content (AvgIpc) is 2.95. The van der Waals surface area contributed by atoms with Crippen molar-refractivity contribution < 1.29 is 9.85 Å². The van der Waals surface area contributed by atoms with Gasteiger partial charge in [-0.1, -0.05) is 60.4 Å². The predicted octanol–water partition coefficient (Wildman–Crippen LogP) is 7.25. The van der Waals surface area contributed by atoms with Gasteiger partial charge in [-0.05, 0) is 82.6 Å². The topological polar surface area (TPSA) is 86.3 Å². The highest BCUT2D eigenvalue weighted by atomic mass is 16.6. The van der Waals surface area contributed by atoms with Crippen LogP contribution in [0.4, 0.5) is 11.4 Å². The van der Waals surface area contributed by atoms with Crippen molar-refractivity contribution in [3.05, 3.63) is 151 Å². The molecule has 4 rings (SSSR count). The van der Waals surface area contributed by atoms with E-state index in [0.717, 1.165) is 33.4 Å². The number of non-ortho nitro benzene ring substituents is 2. The number of rotatable bonds is 6. The minimum Gasteiger partial charge on any atom is -0.258 e. The third-order valence-corrected chi connectivity index (χ3v) is 5.44. The summed E-state index contributed by atoms with van der Waals surface area (Å²) in [7, 11) is 0. The van der Waals surface area contributed by atoms with Crippen LogP contribution in [-0.4, -0.2) is 9.85 Å². The van der Waals surface area contributed by atoms with E-state index in [0.29, 0.717) is 0 Å². The molecular formula is C32H20N2O4. The zero-order valence-corrected chi connectivity index (χ0v) is 20.1. The summed E-state index contributed by atoms with van der Waals surface area (Å²) in [5.41, 5.74) is 5.56. The van der Waals surface area contributed by atoms with Gasteiger partial charge in [0.15, 0.2) is 0 Å². The van der Waals surface area contributed by atoms with Gasteiger partial charge in [0, 0.05) is 35.4 Å². The summed E-state index contributed by atoms with van der Waals surface area (Å²) in [4.78, 5) is 20.6. The summed E-state index contributed by atoms with van der Waals surface area (Å²) in [5, 5.41) is 21.5. The van der Waals surface area contributed by atoms with E-state index in [-0.39, 0.29) is 11.4 Å². The number of nitro benzene ring substituents is 2. The molecular weight excluding hydrogens is 476 g/mol. The third kappa shape index (κ3) is 7.39. The second-order valence-electron chi connectivity index (χ2n) is 8.11. The SMILES string of the molecule is O=[N+]([O-])c1ccc(/C=C\c2ccc(C#CC#Cc3ccc(/C=C\c4ccc([N+](=O)[O-])cc4)cc3)cc2)cc1. The number of hydrogen-bond donors (Lipinski definition) is 0. The quantitative estimate of drug-likeness (QED) is 0.122. The molecule has 0 aliphatic carbocycles. The van der Waals surface area contributed by atoms with Crippen molar-refractivity contribution in [2.45, 2.75) is 0 Å². The summed E-state index contributed by atoms with van der Waals surface area (Å²) in [5.74, 6) is 11.8. The second-order valence-corrected chi connectivity index (χ2v) is 8.11. The first-order valence-electron chi connectivity index (χ1n) is 11.5. The molecule has 6 nitrogen and oxygen atoms in total. The largest absolute Gasteiger partial charge is 0.269 e. The summed E-state index contributed by atoms with van der Waals surface area (Å²) >= 11 is 0. The molecule has 0 amide bonds. The van der Waals surface area contributed by atoms with Gasteiger partial charge in [0.25, 0.3) is 11.4 Å². The van der Waals surface area contributed by atoms with E-state index < -0.39 is 9.85 Å². The van der Waals surface area contributed by atoms with Crippen molar-refractivity contribution in [2.75, 3.05) is 0 Å². The van der Waals surface area contributed by atoms with Gasteiger partial charge in [-0.3, -0.25) is 20.2 Å². The Balaban J connectivity index is 1.31. The maximum Gasteiger partial charge on any atom is 0.269 e. The van der Waals surface area contributed by atoms with Crippen LogP contribution in [-0.2, 0) is 0 Å². The maximum absolute atomic E-state index is 10.7. The lowest BCUT2D eigenvalue weighted by Crippen LogP contribution is -1.86. The van der Waals surface area contributed by atoms with Crippen LogP contribution in [0.25, 0.3) is 24.3 Å². The molecule has 0 aliphatic rings. The fourth-order valence-corrected chi connectivity index (χ4v) is 3.36. The lowest BCUT2D eigenvalue weighted by atomic mass is 10.1. The Bertz CT molecular complexity index is 1500. The standard InChI is InChI=1S/C32H20N2O4/c35-33(36)31-21-17-29(18-22-31)15-13-27-9-5-25(6-10-27)3-1-2-4-26-7-11-28(12-8-26)14-16-30-19-23-32(24-20-30)34(37)38/h5-24H/b15-13-,16-14-. The minimum absolute atomic E-state index is 0.0687. The van der Waals surface area contributed by atoms with Crippen molar-refractivity contribution in [1.29, 1.82) is 0 Å². The fraction of sp³-hybridized carbons (Fsp3) is 0. The zero-order chi connectivity index (χ0) is 26.7. The first kappa shape index (κ1) is 25.4. The average molecular weight is 497 g/mol. The lowest BCUT2D eigenvalue weighted by molar-refractivity contribution is -0.385. The molecule has 0 N–H and O–H groups in total. The molecule has 0 spiro atoms. The molecule has 6 heteroatoms. The number of nitro groups is 2. The molecule has 4 aromatic rings. The second kappa shape index (κ2) is 12.3. The molecule has 0 radical (unpaired) electrons. The first-order valence-corrected chi connectivity index (χ1v) is 11.5. The summed E-state index contributed by atoms with van der Waals surface area (Å²) in [6.45, 7) is 0. The molecule has 4 aromatic carbocycles. The van der Waals surface area contributed by atoms with Crippen LogP contribution in [0, 0.1) is 43.9 Å². The highest BCUT2D eigenvalue weighted by molar-refractivity contribution is 5.71. The maximum atomic E-state index is 10.7. The van der Waals surface area contributed by atoms with E-state index in [1.54, 1.807) is 24.3 Å². The van der Waals surface area contributed by atoms with Crippen molar-refractivity contribution in [3.63, 3.8) is 0 Å². The van der Waals surface area contributed by atoms with Gasteiger partial charge in [-0.2, -0.15) is 0 Å². The Morgan fingerprint density at radius 1 is 0.447 bits per heavy atom. The van der Waals surface area contributed by atoms with Gasteiger partial charge < -0.3 is 0 Å². The Hall–Kier alpha value is -5.72. The first-order chi connectivity index (χ1) is 18.5. The summed E-state index contributed by atoms with van der Waals surface area (Å²) in [6, 6.07) is 28.2. The van der Waals surface area contributed by atoms with Crippen LogP contribution in [0.3, 0.4) is 0 Å². The van der Waals surface area contributed by atoms with E-state index in [2.05, 4.69) is 23.7 Å². The van der Waals surface area contributed by atoms with E-state index in [1.165, 1.54) is 24.3 Å². The van der Waals surface area contributed by atoms with Crippen LogP contribution in [0.2, 0.25) is 0 Å². The zero-order valence-electron chi connectivity index (χ0n) is 20.1. The van der Waals surface area contributed by atoms with Crippen LogP contribution >= 0.6 is 0 Å². The molecule has 38 heavy (non-hydrogen) atoms. The monoisotopic (exact) mass is 496 g/mol. The van der Waals surface area contributed by atoms with Crippen LogP contribution < -0.4 is 0 Å².